The van der Waals surface area contributed by atoms with E-state index in [-0.39, 0.29) is 17.8 Å². The summed E-state index contributed by atoms with van der Waals surface area (Å²) in [5, 5.41) is 3.14. The van der Waals surface area contributed by atoms with Crippen LogP contribution in [-0.4, -0.2) is 27.0 Å². The van der Waals surface area contributed by atoms with Crippen molar-refractivity contribution in [3.8, 4) is 11.1 Å². The molecule has 3 aromatic heterocycles. The summed E-state index contributed by atoms with van der Waals surface area (Å²) in [5.41, 5.74) is 1.04. The highest BCUT2D eigenvalue weighted by Gasteiger charge is 2.43. The van der Waals surface area contributed by atoms with E-state index in [0.717, 1.165) is 6.20 Å². The summed E-state index contributed by atoms with van der Waals surface area (Å²) >= 11 is 0. The van der Waals surface area contributed by atoms with Crippen molar-refractivity contribution in [3.63, 3.8) is 0 Å². The van der Waals surface area contributed by atoms with Gasteiger partial charge in [0.05, 0.1) is 17.6 Å². The SMILES string of the molecule is Cc1c(F)cncc1-c1cc2cnc(NC(=O)[C@@H]3C[C@H]3F)cc2[nH]c1=O. The molecule has 1 amide bonds. The standard InChI is InChI=1S/C18H14F2N4O2/c1-8-12(6-21-7-14(8)20)10-2-9-5-22-16(4-15(9)23-17(10)25)24-18(26)11-3-13(11)19/h2,4-7,11,13H,3H2,1H3,(H,23,25)(H,22,24,26)/t11-,13-/m1/s1. The van der Waals surface area contributed by atoms with Crippen molar-refractivity contribution in [2.24, 2.45) is 5.92 Å². The van der Waals surface area contributed by atoms with Crippen LogP contribution in [0.2, 0.25) is 0 Å². The molecule has 4 rings (SSSR count). The zero-order chi connectivity index (χ0) is 18.4. The monoisotopic (exact) mass is 356 g/mol. The van der Waals surface area contributed by atoms with Gasteiger partial charge in [-0.15, -0.1) is 0 Å². The van der Waals surface area contributed by atoms with Crippen LogP contribution in [0.4, 0.5) is 14.6 Å². The van der Waals surface area contributed by atoms with Crippen molar-refractivity contribution in [1.82, 2.24) is 15.0 Å². The van der Waals surface area contributed by atoms with Gasteiger partial charge in [0.1, 0.15) is 17.8 Å². The molecule has 0 saturated heterocycles. The molecule has 0 unspecified atom stereocenters. The Hall–Kier alpha value is -3.16. The molecule has 0 radical (unpaired) electrons. The van der Waals surface area contributed by atoms with E-state index in [1.807, 2.05) is 0 Å². The van der Waals surface area contributed by atoms with Crippen LogP contribution in [0.3, 0.4) is 0 Å². The second kappa shape index (κ2) is 5.98. The number of pyridine rings is 3. The van der Waals surface area contributed by atoms with Crippen LogP contribution in [0.15, 0.2) is 35.5 Å². The van der Waals surface area contributed by atoms with Gasteiger partial charge in [0, 0.05) is 35.0 Å². The van der Waals surface area contributed by atoms with E-state index in [2.05, 4.69) is 20.3 Å². The number of aromatic nitrogens is 3. The topological polar surface area (TPSA) is 87.7 Å². The summed E-state index contributed by atoms with van der Waals surface area (Å²) < 4.78 is 26.7. The van der Waals surface area contributed by atoms with Crippen LogP contribution >= 0.6 is 0 Å². The van der Waals surface area contributed by atoms with E-state index in [0.29, 0.717) is 22.0 Å². The predicted molar refractivity (Wildman–Crippen MR) is 91.9 cm³/mol. The second-order valence-corrected chi connectivity index (χ2v) is 6.31. The normalized spacial score (nSPS) is 18.7. The fraction of sp³-hybridized carbons (Fsp3) is 0.222. The van der Waals surface area contributed by atoms with Crippen molar-refractivity contribution in [3.05, 3.63) is 52.5 Å². The van der Waals surface area contributed by atoms with E-state index in [4.69, 9.17) is 0 Å². The number of halogens is 2. The number of carbonyl (C=O) groups is 1. The molecule has 132 valence electrons. The van der Waals surface area contributed by atoms with Gasteiger partial charge in [-0.3, -0.25) is 14.6 Å². The van der Waals surface area contributed by atoms with Crippen LogP contribution in [-0.2, 0) is 4.79 Å². The summed E-state index contributed by atoms with van der Waals surface area (Å²) in [6.07, 6.45) is 3.13. The first-order valence-corrected chi connectivity index (χ1v) is 8.02. The Bertz CT molecular complexity index is 1100. The van der Waals surface area contributed by atoms with E-state index in [9.17, 15) is 18.4 Å². The molecule has 3 heterocycles. The lowest BCUT2D eigenvalue weighted by Gasteiger charge is -2.08. The van der Waals surface area contributed by atoms with Crippen LogP contribution in [0.25, 0.3) is 22.0 Å². The van der Waals surface area contributed by atoms with Gasteiger partial charge in [-0.1, -0.05) is 0 Å². The van der Waals surface area contributed by atoms with Gasteiger partial charge in [0.15, 0.2) is 0 Å². The Morgan fingerprint density at radius 3 is 2.77 bits per heavy atom. The second-order valence-electron chi connectivity index (χ2n) is 6.31. The first-order valence-electron chi connectivity index (χ1n) is 8.02. The maximum atomic E-state index is 13.7. The largest absolute Gasteiger partial charge is 0.321 e. The van der Waals surface area contributed by atoms with Crippen molar-refractivity contribution < 1.29 is 13.6 Å². The minimum Gasteiger partial charge on any atom is -0.321 e. The molecule has 0 bridgehead atoms. The Morgan fingerprint density at radius 2 is 2.04 bits per heavy atom. The fourth-order valence-electron chi connectivity index (χ4n) is 2.79. The third-order valence-corrected chi connectivity index (χ3v) is 4.47. The highest BCUT2D eigenvalue weighted by molar-refractivity contribution is 5.95. The number of alkyl halides is 1. The quantitative estimate of drug-likeness (QED) is 0.755. The molecule has 6 nitrogen and oxygen atoms in total. The Balaban J connectivity index is 1.72. The number of amides is 1. The molecule has 1 saturated carbocycles. The zero-order valence-corrected chi connectivity index (χ0v) is 13.7. The molecule has 0 aliphatic heterocycles. The fourth-order valence-corrected chi connectivity index (χ4v) is 2.79. The van der Waals surface area contributed by atoms with E-state index < -0.39 is 29.4 Å². The smallest absolute Gasteiger partial charge is 0.256 e. The molecule has 8 heteroatoms. The molecule has 1 aliphatic carbocycles. The number of nitrogens with zero attached hydrogens (tertiary/aromatic N) is 2. The minimum atomic E-state index is -1.10. The van der Waals surface area contributed by atoms with Gasteiger partial charge < -0.3 is 10.3 Å². The first kappa shape index (κ1) is 16.3. The van der Waals surface area contributed by atoms with Gasteiger partial charge in [-0.2, -0.15) is 0 Å². The number of H-pyrrole nitrogens is 1. The number of hydrogen-bond acceptors (Lipinski definition) is 4. The third kappa shape index (κ3) is 2.83. The summed E-state index contributed by atoms with van der Waals surface area (Å²) in [5.74, 6) is -1.32. The van der Waals surface area contributed by atoms with Crippen LogP contribution < -0.4 is 10.9 Å². The molecule has 2 N–H and O–H groups in total. The van der Waals surface area contributed by atoms with Gasteiger partial charge >= 0.3 is 0 Å². The number of aromatic amines is 1. The summed E-state index contributed by atoms with van der Waals surface area (Å²) in [4.78, 5) is 34.8. The highest BCUT2D eigenvalue weighted by Crippen LogP contribution is 2.34. The molecule has 2 atom stereocenters. The van der Waals surface area contributed by atoms with E-state index >= 15 is 0 Å². The van der Waals surface area contributed by atoms with Gasteiger partial charge in [-0.25, -0.2) is 13.8 Å². The number of fused-ring (bicyclic) bond motifs is 1. The van der Waals surface area contributed by atoms with Crippen LogP contribution in [0.1, 0.15) is 12.0 Å². The number of hydrogen-bond donors (Lipinski definition) is 2. The lowest BCUT2D eigenvalue weighted by molar-refractivity contribution is -0.117. The summed E-state index contributed by atoms with van der Waals surface area (Å²) in [6.45, 7) is 1.57. The van der Waals surface area contributed by atoms with Gasteiger partial charge in [-0.05, 0) is 25.0 Å². The molecule has 0 spiro atoms. The van der Waals surface area contributed by atoms with Crippen molar-refractivity contribution in [1.29, 1.82) is 0 Å². The van der Waals surface area contributed by atoms with Crippen LogP contribution in [0, 0.1) is 18.7 Å². The highest BCUT2D eigenvalue weighted by atomic mass is 19.1. The number of nitrogens with one attached hydrogen (secondary N) is 2. The molecule has 0 aromatic carbocycles. The van der Waals surface area contributed by atoms with Crippen LogP contribution in [0.5, 0.6) is 0 Å². The minimum absolute atomic E-state index is 0.223. The zero-order valence-electron chi connectivity index (χ0n) is 13.7. The van der Waals surface area contributed by atoms with Crippen molar-refractivity contribution in [2.75, 3.05) is 5.32 Å². The van der Waals surface area contributed by atoms with Crippen molar-refractivity contribution >= 4 is 22.6 Å². The first-order chi connectivity index (χ1) is 12.4. The Labute approximate surface area is 146 Å². The lowest BCUT2D eigenvalue weighted by Crippen LogP contribution is -2.16. The molecular formula is C18H14F2N4O2. The maximum absolute atomic E-state index is 13.7. The van der Waals surface area contributed by atoms with E-state index in [1.165, 1.54) is 18.5 Å². The molecular weight excluding hydrogens is 342 g/mol. The summed E-state index contributed by atoms with van der Waals surface area (Å²) in [6, 6.07) is 3.10. The lowest BCUT2D eigenvalue weighted by atomic mass is 10.0. The molecule has 26 heavy (non-hydrogen) atoms. The average Bonchev–Trinajstić information content (AvgIpc) is 3.34. The van der Waals surface area contributed by atoms with Gasteiger partial charge in [0.25, 0.3) is 5.56 Å². The summed E-state index contributed by atoms with van der Waals surface area (Å²) in [7, 11) is 0. The average molecular weight is 356 g/mol. The predicted octanol–water partition coefficient (Wildman–Crippen LogP) is 2.73. The maximum Gasteiger partial charge on any atom is 0.256 e. The number of rotatable bonds is 3. The Kier molecular flexibility index (Phi) is 3.75. The van der Waals surface area contributed by atoms with Crippen molar-refractivity contribution in [2.45, 2.75) is 19.5 Å². The Morgan fingerprint density at radius 1 is 1.27 bits per heavy atom. The van der Waals surface area contributed by atoms with E-state index in [1.54, 1.807) is 13.0 Å². The van der Waals surface area contributed by atoms with Gasteiger partial charge in [0.2, 0.25) is 5.91 Å². The molecule has 1 aliphatic rings. The number of carbonyl (C=O) groups excluding carboxylic acids is 1. The molecule has 1 fully saturated rings. The third-order valence-electron chi connectivity index (χ3n) is 4.47. The molecule has 3 aromatic rings. The number of anilines is 1.